The number of aryl methyl sites for hydroxylation is 1. The molecule has 0 bridgehead atoms. The van der Waals surface area contributed by atoms with Gasteiger partial charge in [-0.3, -0.25) is 0 Å². The molecule has 0 heterocycles. The first kappa shape index (κ1) is 16.2. The van der Waals surface area contributed by atoms with Gasteiger partial charge in [-0.05, 0) is 38.2 Å². The summed E-state index contributed by atoms with van der Waals surface area (Å²) in [6.45, 7) is 11.4. The quantitative estimate of drug-likeness (QED) is 0.682. The van der Waals surface area contributed by atoms with Gasteiger partial charge in [-0.2, -0.15) is 0 Å². The number of rotatable bonds is 9. The Balaban J connectivity index is 2.57. The normalized spacial score (nSPS) is 12.9. The number of nitrogens with one attached hydrogen (secondary N) is 1. The highest BCUT2D eigenvalue weighted by atomic mass is 16.5. The molecule has 1 aromatic carbocycles. The van der Waals surface area contributed by atoms with E-state index in [0.29, 0.717) is 12.0 Å². The molecule has 0 saturated heterocycles. The van der Waals surface area contributed by atoms with E-state index in [2.05, 4.69) is 57.3 Å². The summed E-state index contributed by atoms with van der Waals surface area (Å²) in [5, 5.41) is 3.56. The van der Waals surface area contributed by atoms with Crippen molar-refractivity contribution in [2.75, 3.05) is 19.8 Å². The van der Waals surface area contributed by atoms with Gasteiger partial charge in [0.1, 0.15) is 0 Å². The lowest BCUT2D eigenvalue weighted by Crippen LogP contribution is -2.28. The zero-order valence-electron chi connectivity index (χ0n) is 12.9. The van der Waals surface area contributed by atoms with Gasteiger partial charge >= 0.3 is 0 Å². The van der Waals surface area contributed by atoms with Gasteiger partial charge in [0.15, 0.2) is 0 Å². The first-order chi connectivity index (χ1) is 9.13. The Labute approximate surface area is 118 Å². The van der Waals surface area contributed by atoms with E-state index in [1.54, 1.807) is 0 Å². The highest BCUT2D eigenvalue weighted by Gasteiger charge is 2.12. The molecule has 0 radical (unpaired) electrons. The standard InChI is InChI=1S/C17H29NO/c1-5-19-11-7-10-17(13-18-14(2)3)16-9-6-8-15(4)12-16/h6,8-9,12,14,17-18H,5,7,10-11,13H2,1-4H3. The minimum absolute atomic E-state index is 0.541. The van der Waals surface area contributed by atoms with E-state index in [1.165, 1.54) is 17.5 Å². The second-order valence-corrected chi connectivity index (χ2v) is 5.51. The first-order valence-corrected chi connectivity index (χ1v) is 7.51. The molecule has 2 nitrogen and oxygen atoms in total. The van der Waals surface area contributed by atoms with Crippen LogP contribution in [0.15, 0.2) is 24.3 Å². The number of benzene rings is 1. The molecule has 1 aromatic rings. The van der Waals surface area contributed by atoms with Gasteiger partial charge in [-0.15, -0.1) is 0 Å². The fourth-order valence-corrected chi connectivity index (χ4v) is 2.26. The first-order valence-electron chi connectivity index (χ1n) is 7.51. The van der Waals surface area contributed by atoms with E-state index in [4.69, 9.17) is 4.74 Å². The summed E-state index contributed by atoms with van der Waals surface area (Å²) >= 11 is 0. The molecule has 0 amide bonds. The van der Waals surface area contributed by atoms with Crippen LogP contribution in [-0.4, -0.2) is 25.8 Å². The van der Waals surface area contributed by atoms with Gasteiger partial charge in [0.25, 0.3) is 0 Å². The third kappa shape index (κ3) is 6.74. The fraction of sp³-hybridized carbons (Fsp3) is 0.647. The molecule has 0 saturated carbocycles. The van der Waals surface area contributed by atoms with Gasteiger partial charge in [-0.1, -0.05) is 43.7 Å². The monoisotopic (exact) mass is 263 g/mol. The largest absolute Gasteiger partial charge is 0.382 e. The van der Waals surface area contributed by atoms with Crippen molar-refractivity contribution in [2.45, 2.75) is 52.5 Å². The molecule has 0 aliphatic carbocycles. The average molecular weight is 263 g/mol. The second-order valence-electron chi connectivity index (χ2n) is 5.51. The Morgan fingerprint density at radius 1 is 1.26 bits per heavy atom. The maximum atomic E-state index is 5.45. The predicted octanol–water partition coefficient (Wildman–Crippen LogP) is 3.89. The lowest BCUT2D eigenvalue weighted by Gasteiger charge is -2.20. The van der Waals surface area contributed by atoms with E-state index in [-0.39, 0.29) is 0 Å². The Hall–Kier alpha value is -0.860. The molecular weight excluding hydrogens is 234 g/mol. The average Bonchev–Trinajstić information content (AvgIpc) is 2.37. The maximum absolute atomic E-state index is 5.45. The molecule has 0 spiro atoms. The molecule has 1 N–H and O–H groups in total. The number of hydrogen-bond acceptors (Lipinski definition) is 2. The molecule has 1 atom stereocenters. The molecule has 0 aromatic heterocycles. The van der Waals surface area contributed by atoms with Crippen molar-refractivity contribution in [3.05, 3.63) is 35.4 Å². The van der Waals surface area contributed by atoms with Gasteiger partial charge in [0.2, 0.25) is 0 Å². The highest BCUT2D eigenvalue weighted by Crippen LogP contribution is 2.21. The van der Waals surface area contributed by atoms with Crippen molar-refractivity contribution in [1.29, 1.82) is 0 Å². The van der Waals surface area contributed by atoms with E-state index >= 15 is 0 Å². The second kappa shape index (κ2) is 9.11. The third-order valence-corrected chi connectivity index (χ3v) is 3.33. The Morgan fingerprint density at radius 2 is 2.05 bits per heavy atom. The summed E-state index contributed by atoms with van der Waals surface area (Å²) < 4.78 is 5.45. The van der Waals surface area contributed by atoms with E-state index in [0.717, 1.165) is 26.2 Å². The summed E-state index contributed by atoms with van der Waals surface area (Å²) in [7, 11) is 0. The molecule has 108 valence electrons. The molecule has 1 rings (SSSR count). The predicted molar refractivity (Wildman–Crippen MR) is 82.8 cm³/mol. The van der Waals surface area contributed by atoms with Crippen LogP contribution in [-0.2, 0) is 4.74 Å². The summed E-state index contributed by atoms with van der Waals surface area (Å²) in [4.78, 5) is 0. The SMILES string of the molecule is CCOCCCC(CNC(C)C)c1cccc(C)c1. The van der Waals surface area contributed by atoms with Crippen molar-refractivity contribution < 1.29 is 4.74 Å². The summed E-state index contributed by atoms with van der Waals surface area (Å²) in [6.07, 6.45) is 2.31. The van der Waals surface area contributed by atoms with Crippen molar-refractivity contribution in [1.82, 2.24) is 5.32 Å². The van der Waals surface area contributed by atoms with Gasteiger partial charge < -0.3 is 10.1 Å². The third-order valence-electron chi connectivity index (χ3n) is 3.33. The fourth-order valence-electron chi connectivity index (χ4n) is 2.26. The summed E-state index contributed by atoms with van der Waals surface area (Å²) in [5.41, 5.74) is 2.79. The Bertz CT molecular complexity index is 349. The lowest BCUT2D eigenvalue weighted by atomic mass is 9.93. The van der Waals surface area contributed by atoms with Crippen molar-refractivity contribution >= 4 is 0 Å². The van der Waals surface area contributed by atoms with Crippen LogP contribution in [0.25, 0.3) is 0 Å². The van der Waals surface area contributed by atoms with Crippen LogP contribution in [0.4, 0.5) is 0 Å². The smallest absolute Gasteiger partial charge is 0.0466 e. The molecule has 1 unspecified atom stereocenters. The van der Waals surface area contributed by atoms with Crippen LogP contribution in [0.5, 0.6) is 0 Å². The minimum atomic E-state index is 0.541. The van der Waals surface area contributed by atoms with Crippen LogP contribution < -0.4 is 5.32 Å². The topological polar surface area (TPSA) is 21.3 Å². The highest BCUT2D eigenvalue weighted by molar-refractivity contribution is 5.25. The van der Waals surface area contributed by atoms with E-state index < -0.39 is 0 Å². The molecular formula is C17H29NO. The van der Waals surface area contributed by atoms with E-state index in [1.807, 2.05) is 0 Å². The van der Waals surface area contributed by atoms with Crippen LogP contribution >= 0.6 is 0 Å². The van der Waals surface area contributed by atoms with Crippen LogP contribution in [0.1, 0.15) is 50.7 Å². The summed E-state index contributed by atoms with van der Waals surface area (Å²) in [6, 6.07) is 9.43. The van der Waals surface area contributed by atoms with Crippen molar-refractivity contribution in [3.63, 3.8) is 0 Å². The zero-order chi connectivity index (χ0) is 14.1. The van der Waals surface area contributed by atoms with Crippen LogP contribution in [0.2, 0.25) is 0 Å². The van der Waals surface area contributed by atoms with Gasteiger partial charge in [-0.25, -0.2) is 0 Å². The van der Waals surface area contributed by atoms with E-state index in [9.17, 15) is 0 Å². The van der Waals surface area contributed by atoms with Gasteiger partial charge in [0.05, 0.1) is 0 Å². The maximum Gasteiger partial charge on any atom is 0.0466 e. The molecule has 2 heteroatoms. The molecule has 0 fully saturated rings. The molecule has 0 aliphatic rings. The van der Waals surface area contributed by atoms with Crippen molar-refractivity contribution in [2.24, 2.45) is 0 Å². The Kier molecular flexibility index (Phi) is 7.76. The summed E-state index contributed by atoms with van der Waals surface area (Å²) in [5.74, 6) is 0.586. The van der Waals surface area contributed by atoms with Crippen LogP contribution in [0, 0.1) is 6.92 Å². The number of ether oxygens (including phenoxy) is 1. The van der Waals surface area contributed by atoms with Gasteiger partial charge in [0, 0.05) is 25.8 Å². The van der Waals surface area contributed by atoms with Crippen LogP contribution in [0.3, 0.4) is 0 Å². The lowest BCUT2D eigenvalue weighted by molar-refractivity contribution is 0.141. The molecule has 19 heavy (non-hydrogen) atoms. The Morgan fingerprint density at radius 3 is 2.68 bits per heavy atom. The zero-order valence-corrected chi connectivity index (χ0v) is 12.9. The van der Waals surface area contributed by atoms with Crippen molar-refractivity contribution in [3.8, 4) is 0 Å². The minimum Gasteiger partial charge on any atom is -0.382 e. The number of hydrogen-bond donors (Lipinski definition) is 1. The molecule has 0 aliphatic heterocycles.